The van der Waals surface area contributed by atoms with E-state index in [9.17, 15) is 24.5 Å². The molecule has 0 aliphatic carbocycles. The minimum atomic E-state index is -1.99. The van der Waals surface area contributed by atoms with E-state index < -0.39 is 43.0 Å². The van der Waals surface area contributed by atoms with Crippen LogP contribution in [0.4, 0.5) is 10.2 Å². The summed E-state index contributed by atoms with van der Waals surface area (Å²) >= 11 is 0. The summed E-state index contributed by atoms with van der Waals surface area (Å²) in [4.78, 5) is 15.4. The van der Waals surface area contributed by atoms with E-state index in [4.69, 9.17) is 10.5 Å². The van der Waals surface area contributed by atoms with Crippen LogP contribution in [-0.2, 0) is 4.74 Å². The third kappa shape index (κ3) is 2.33. The van der Waals surface area contributed by atoms with Gasteiger partial charge in [-0.15, -0.1) is 0 Å². The summed E-state index contributed by atoms with van der Waals surface area (Å²) in [6.07, 6.45) is -2.15. The quantitative estimate of drug-likeness (QED) is 0.528. The highest BCUT2D eigenvalue weighted by atomic mass is 19.1. The Hall–Kier alpha value is -1.81. The van der Waals surface area contributed by atoms with E-state index >= 15 is 0 Å². The van der Waals surface area contributed by atoms with Gasteiger partial charge in [-0.2, -0.15) is 4.98 Å². The second-order valence-corrected chi connectivity index (χ2v) is 4.78. The molecule has 0 saturated carbocycles. The molecule has 2 rings (SSSR count). The molecule has 0 spiro atoms. The zero-order valence-corrected chi connectivity index (χ0v) is 11.0. The molecule has 1 aliphatic rings. The van der Waals surface area contributed by atoms with Gasteiger partial charge in [-0.05, 0) is 0 Å². The molecule has 116 valence electrons. The lowest BCUT2D eigenvalue weighted by atomic mass is 9.98. The fourth-order valence-electron chi connectivity index (χ4n) is 2.19. The number of nitrogens with two attached hydrogens (primary N) is 1. The van der Waals surface area contributed by atoms with Crippen LogP contribution in [0, 0.1) is 0 Å². The number of ether oxygens (including phenoxy) is 1. The van der Waals surface area contributed by atoms with E-state index in [1.165, 1.54) is 12.3 Å². The molecule has 0 amide bonds. The zero-order valence-electron chi connectivity index (χ0n) is 11.0. The molecule has 1 aromatic heterocycles. The first-order valence-corrected chi connectivity index (χ1v) is 6.12. The van der Waals surface area contributed by atoms with Gasteiger partial charge in [-0.1, -0.05) is 12.7 Å². The highest BCUT2D eigenvalue weighted by Gasteiger charge is 2.55. The Morgan fingerprint density at radius 3 is 2.76 bits per heavy atom. The standard InChI is InChI=1S/C12H16FN3O5/c1-2-6-3-16(11(20)15-9(6)14)10-7(18)8(19)12(4-13,5-17)21-10/h2-3,7-8,10,17-19H,1,4-5H2,(H2,14,15,20)/t7-,8+,10-,12-/m1/s1. The van der Waals surface area contributed by atoms with Crippen LogP contribution in [0.25, 0.3) is 6.08 Å². The van der Waals surface area contributed by atoms with Gasteiger partial charge in [-0.25, -0.2) is 9.18 Å². The largest absolute Gasteiger partial charge is 0.393 e. The van der Waals surface area contributed by atoms with E-state index in [0.717, 1.165) is 4.57 Å². The highest BCUT2D eigenvalue weighted by Crippen LogP contribution is 2.37. The summed E-state index contributed by atoms with van der Waals surface area (Å²) in [6.45, 7) is 1.41. The van der Waals surface area contributed by atoms with Crippen molar-refractivity contribution >= 4 is 11.9 Å². The molecule has 4 atom stereocenters. The minimum Gasteiger partial charge on any atom is -0.393 e. The van der Waals surface area contributed by atoms with E-state index in [-0.39, 0.29) is 5.82 Å². The summed E-state index contributed by atoms with van der Waals surface area (Å²) in [7, 11) is 0. The number of aliphatic hydroxyl groups excluding tert-OH is 3. The predicted molar refractivity (Wildman–Crippen MR) is 70.9 cm³/mol. The van der Waals surface area contributed by atoms with E-state index in [0.29, 0.717) is 5.56 Å². The number of rotatable bonds is 4. The monoisotopic (exact) mass is 301 g/mol. The molecule has 1 aliphatic heterocycles. The van der Waals surface area contributed by atoms with Gasteiger partial charge in [0.25, 0.3) is 0 Å². The number of hydrogen-bond acceptors (Lipinski definition) is 7. The maximum atomic E-state index is 13.1. The number of halogens is 1. The fraction of sp³-hybridized carbons (Fsp3) is 0.500. The van der Waals surface area contributed by atoms with Crippen molar-refractivity contribution in [2.75, 3.05) is 19.0 Å². The van der Waals surface area contributed by atoms with E-state index in [1.807, 2.05) is 0 Å². The summed E-state index contributed by atoms with van der Waals surface area (Å²) in [5.74, 6) is -0.0572. The SMILES string of the molecule is C=Cc1cn([C@@H]2O[C@@](CO)(CF)[C@@H](O)[C@H]2O)c(=O)nc1N. The lowest BCUT2D eigenvalue weighted by molar-refractivity contribution is -0.138. The molecule has 1 aromatic rings. The Kier molecular flexibility index (Phi) is 4.10. The minimum absolute atomic E-state index is 0.0572. The van der Waals surface area contributed by atoms with Gasteiger partial charge in [0.15, 0.2) is 11.8 Å². The Balaban J connectivity index is 2.48. The molecule has 21 heavy (non-hydrogen) atoms. The number of alkyl halides is 1. The van der Waals surface area contributed by atoms with Crippen molar-refractivity contribution in [3.8, 4) is 0 Å². The van der Waals surface area contributed by atoms with Gasteiger partial charge in [0.05, 0.1) is 6.61 Å². The van der Waals surface area contributed by atoms with E-state index in [1.54, 1.807) is 0 Å². The number of nitrogen functional groups attached to an aromatic ring is 1. The Morgan fingerprint density at radius 2 is 2.29 bits per heavy atom. The Bertz CT molecular complexity index is 601. The Morgan fingerprint density at radius 1 is 1.62 bits per heavy atom. The van der Waals surface area contributed by atoms with Crippen LogP contribution in [0.2, 0.25) is 0 Å². The molecule has 1 saturated heterocycles. The smallest absolute Gasteiger partial charge is 0.351 e. The maximum absolute atomic E-state index is 13.1. The first-order chi connectivity index (χ1) is 9.90. The van der Waals surface area contributed by atoms with Gasteiger partial charge in [-0.3, -0.25) is 4.57 Å². The number of nitrogens with zero attached hydrogens (tertiary/aromatic N) is 2. The van der Waals surface area contributed by atoms with Crippen LogP contribution in [0.15, 0.2) is 17.6 Å². The normalized spacial score (nSPS) is 32.3. The average molecular weight is 301 g/mol. The summed E-state index contributed by atoms with van der Waals surface area (Å²) in [5.41, 5.74) is 2.99. The van der Waals surface area contributed by atoms with Gasteiger partial charge < -0.3 is 25.8 Å². The molecule has 0 bridgehead atoms. The van der Waals surface area contributed by atoms with Crippen molar-refractivity contribution in [1.82, 2.24) is 9.55 Å². The van der Waals surface area contributed by atoms with Crippen LogP contribution < -0.4 is 11.4 Å². The highest BCUT2D eigenvalue weighted by molar-refractivity contribution is 5.57. The van der Waals surface area contributed by atoms with Crippen LogP contribution >= 0.6 is 0 Å². The summed E-state index contributed by atoms with van der Waals surface area (Å²) < 4.78 is 19.2. The first kappa shape index (κ1) is 15.6. The van der Waals surface area contributed by atoms with Crippen LogP contribution in [0.5, 0.6) is 0 Å². The van der Waals surface area contributed by atoms with Gasteiger partial charge in [0, 0.05) is 11.8 Å². The van der Waals surface area contributed by atoms with Crippen molar-refractivity contribution in [3.63, 3.8) is 0 Å². The Labute approximate surface area is 118 Å². The van der Waals surface area contributed by atoms with Gasteiger partial charge >= 0.3 is 5.69 Å². The molecule has 9 heteroatoms. The average Bonchev–Trinajstić information content (AvgIpc) is 2.73. The topological polar surface area (TPSA) is 131 Å². The maximum Gasteiger partial charge on any atom is 0.351 e. The molecule has 0 radical (unpaired) electrons. The third-order valence-electron chi connectivity index (χ3n) is 3.51. The number of hydrogen-bond donors (Lipinski definition) is 4. The number of aromatic nitrogens is 2. The van der Waals surface area contributed by atoms with Crippen LogP contribution in [-0.4, -0.2) is 56.0 Å². The molecule has 5 N–H and O–H groups in total. The predicted octanol–water partition coefficient (Wildman–Crippen LogP) is -1.58. The van der Waals surface area contributed by atoms with Crippen molar-refractivity contribution in [3.05, 3.63) is 28.8 Å². The van der Waals surface area contributed by atoms with Crippen molar-refractivity contribution in [1.29, 1.82) is 0 Å². The van der Waals surface area contributed by atoms with Gasteiger partial charge in [0.2, 0.25) is 0 Å². The second kappa shape index (κ2) is 5.53. The lowest BCUT2D eigenvalue weighted by Crippen LogP contribution is -2.48. The molecular weight excluding hydrogens is 285 g/mol. The van der Waals surface area contributed by atoms with E-state index in [2.05, 4.69) is 11.6 Å². The van der Waals surface area contributed by atoms with Gasteiger partial charge in [0.1, 0.15) is 24.7 Å². The molecule has 8 nitrogen and oxygen atoms in total. The van der Waals surface area contributed by atoms with Crippen molar-refractivity contribution in [2.24, 2.45) is 0 Å². The van der Waals surface area contributed by atoms with Crippen molar-refractivity contribution in [2.45, 2.75) is 24.0 Å². The molecule has 1 fully saturated rings. The number of anilines is 1. The molecule has 0 aromatic carbocycles. The first-order valence-electron chi connectivity index (χ1n) is 6.12. The molecular formula is C12H16FN3O5. The fourth-order valence-corrected chi connectivity index (χ4v) is 2.19. The second-order valence-electron chi connectivity index (χ2n) is 4.78. The summed E-state index contributed by atoms with van der Waals surface area (Å²) in [6, 6.07) is 0. The van der Waals surface area contributed by atoms with Crippen LogP contribution in [0.1, 0.15) is 11.8 Å². The van der Waals surface area contributed by atoms with Crippen LogP contribution in [0.3, 0.4) is 0 Å². The zero-order chi connectivity index (χ0) is 15.8. The molecule has 0 unspecified atom stereocenters. The van der Waals surface area contributed by atoms with Crippen molar-refractivity contribution < 1.29 is 24.4 Å². The molecule has 2 heterocycles. The lowest BCUT2D eigenvalue weighted by Gasteiger charge is -2.26. The third-order valence-corrected chi connectivity index (χ3v) is 3.51. The number of aliphatic hydroxyl groups is 3. The summed E-state index contributed by atoms with van der Waals surface area (Å²) in [5, 5.41) is 29.0.